The van der Waals surface area contributed by atoms with E-state index in [0.717, 1.165) is 66.5 Å². The average molecular weight is 791 g/mol. The Morgan fingerprint density at radius 1 is 0.274 bits per heavy atom. The van der Waals surface area contributed by atoms with Crippen LogP contribution < -0.4 is 0 Å². The largest absolute Gasteiger partial charge is 0.456 e. The zero-order valence-electron chi connectivity index (χ0n) is 33.3. The van der Waals surface area contributed by atoms with Crippen molar-refractivity contribution in [3.8, 4) is 51.0 Å². The molecule has 5 nitrogen and oxygen atoms in total. The number of aromatic nitrogens is 4. The quantitative estimate of drug-likeness (QED) is 0.163. The van der Waals surface area contributed by atoms with Gasteiger partial charge in [-0.05, 0) is 104 Å². The molecule has 0 unspecified atom stereocenters. The highest BCUT2D eigenvalue weighted by atomic mass is 16.3. The topological polar surface area (TPSA) is 56.7 Å². The lowest BCUT2D eigenvalue weighted by Crippen LogP contribution is -2.02. The van der Waals surface area contributed by atoms with Gasteiger partial charge in [0.15, 0.2) is 17.5 Å². The van der Waals surface area contributed by atoms with Crippen molar-refractivity contribution in [3.05, 3.63) is 206 Å². The average Bonchev–Trinajstić information content (AvgIpc) is 3.89. The fourth-order valence-electron chi connectivity index (χ4n) is 9.54. The van der Waals surface area contributed by atoms with Crippen molar-refractivity contribution in [1.82, 2.24) is 19.5 Å². The predicted molar refractivity (Wildman–Crippen MR) is 256 cm³/mol. The highest BCUT2D eigenvalue weighted by Gasteiger charge is 2.19. The van der Waals surface area contributed by atoms with Crippen LogP contribution in [-0.2, 0) is 0 Å². The Morgan fingerprint density at radius 3 is 1.42 bits per heavy atom. The molecule has 62 heavy (non-hydrogen) atoms. The third kappa shape index (κ3) is 5.38. The van der Waals surface area contributed by atoms with Crippen molar-refractivity contribution < 1.29 is 4.42 Å². The minimum Gasteiger partial charge on any atom is -0.456 e. The number of fused-ring (bicyclic) bond motifs is 12. The fourth-order valence-corrected chi connectivity index (χ4v) is 9.54. The molecule has 5 heteroatoms. The third-order valence-electron chi connectivity index (χ3n) is 12.4. The lowest BCUT2D eigenvalue weighted by Gasteiger charge is -2.16. The first-order valence-corrected chi connectivity index (χ1v) is 20.9. The molecule has 288 valence electrons. The Hall–Kier alpha value is -8.41. The summed E-state index contributed by atoms with van der Waals surface area (Å²) in [5, 5.41) is 11.9. The molecule has 0 bridgehead atoms. The lowest BCUT2D eigenvalue weighted by molar-refractivity contribution is 0.669. The number of hydrogen-bond acceptors (Lipinski definition) is 4. The summed E-state index contributed by atoms with van der Waals surface area (Å²) in [4.78, 5) is 15.7. The Bertz CT molecular complexity index is 3850. The number of nitrogens with zero attached hydrogens (tertiary/aromatic N) is 4. The minimum atomic E-state index is 0.590. The van der Waals surface area contributed by atoms with Crippen molar-refractivity contribution in [2.45, 2.75) is 0 Å². The normalized spacial score (nSPS) is 11.9. The first-order valence-electron chi connectivity index (χ1n) is 20.9. The fraction of sp³-hybridized carbons (Fsp3) is 0. The van der Waals surface area contributed by atoms with Gasteiger partial charge >= 0.3 is 0 Å². The zero-order valence-corrected chi connectivity index (χ0v) is 33.3. The van der Waals surface area contributed by atoms with Gasteiger partial charge in [0.05, 0.1) is 11.0 Å². The van der Waals surface area contributed by atoms with E-state index >= 15 is 0 Å². The van der Waals surface area contributed by atoms with E-state index in [1.807, 2.05) is 48.5 Å². The van der Waals surface area contributed by atoms with E-state index in [9.17, 15) is 0 Å². The molecular weight excluding hydrogens is 757 g/mol. The molecule has 10 aromatic carbocycles. The minimum absolute atomic E-state index is 0.590. The molecule has 0 atom stereocenters. The summed E-state index contributed by atoms with van der Waals surface area (Å²) < 4.78 is 8.58. The second kappa shape index (κ2) is 13.6. The van der Waals surface area contributed by atoms with Gasteiger partial charge < -0.3 is 8.98 Å². The number of furan rings is 1. The first kappa shape index (κ1) is 34.5. The molecule has 0 amide bonds. The van der Waals surface area contributed by atoms with E-state index in [4.69, 9.17) is 19.4 Å². The van der Waals surface area contributed by atoms with Crippen LogP contribution in [0.5, 0.6) is 0 Å². The summed E-state index contributed by atoms with van der Waals surface area (Å²) >= 11 is 0. The molecule has 13 aromatic rings. The van der Waals surface area contributed by atoms with Crippen LogP contribution >= 0.6 is 0 Å². The molecule has 0 saturated heterocycles. The van der Waals surface area contributed by atoms with Crippen LogP contribution in [0.4, 0.5) is 0 Å². The summed E-state index contributed by atoms with van der Waals surface area (Å²) in [5.74, 6) is 1.79. The van der Waals surface area contributed by atoms with Crippen LogP contribution in [0.15, 0.2) is 211 Å². The van der Waals surface area contributed by atoms with Crippen molar-refractivity contribution in [2.24, 2.45) is 0 Å². The Morgan fingerprint density at radius 2 is 0.742 bits per heavy atom. The van der Waals surface area contributed by atoms with Gasteiger partial charge in [-0.25, -0.2) is 15.0 Å². The highest BCUT2D eigenvalue weighted by Crippen LogP contribution is 2.40. The van der Waals surface area contributed by atoms with Crippen LogP contribution in [0.1, 0.15) is 0 Å². The molecular formula is C57H34N4O. The molecule has 3 aromatic heterocycles. The van der Waals surface area contributed by atoms with Crippen LogP contribution in [0, 0.1) is 0 Å². The Kier molecular flexibility index (Phi) is 7.54. The number of hydrogen-bond donors (Lipinski definition) is 0. The summed E-state index contributed by atoms with van der Waals surface area (Å²) in [6, 6.07) is 73.0. The zero-order chi connectivity index (χ0) is 40.7. The second-order valence-corrected chi connectivity index (χ2v) is 16.0. The van der Waals surface area contributed by atoms with E-state index < -0.39 is 0 Å². The maximum atomic E-state index is 6.21. The lowest BCUT2D eigenvalue weighted by atomic mass is 9.91. The van der Waals surface area contributed by atoms with E-state index in [2.05, 4.69) is 162 Å². The standard InChI is InChI=1S/C57H34N4O/c1-2-14-35(15-3-1)55-58-56(37-27-29-54-50(34-37)48-22-10-13-25-53(48)62-54)60-57(59-55)39-30-38(31-40(32-39)61-51-23-11-8-20-46(51)47-21-9-12-24-52(47)61)36-26-28-45-43-18-5-4-16-41(43)42-17-6-7-19-44(42)49(45)33-36/h1-34H. The van der Waals surface area contributed by atoms with Gasteiger partial charge in [-0.1, -0.05) is 146 Å². The van der Waals surface area contributed by atoms with Gasteiger partial charge in [0, 0.05) is 43.9 Å². The monoisotopic (exact) mass is 790 g/mol. The first-order chi connectivity index (χ1) is 30.7. The Labute approximate surface area is 355 Å². The molecule has 0 fully saturated rings. The number of benzene rings is 10. The molecule has 0 spiro atoms. The van der Waals surface area contributed by atoms with Crippen LogP contribution in [0.2, 0.25) is 0 Å². The summed E-state index contributed by atoms with van der Waals surface area (Å²) in [6.45, 7) is 0. The SMILES string of the molecule is c1ccc(-c2nc(-c3cc(-c4ccc5c6ccccc6c6ccccc6c5c4)cc(-n4c5ccccc5c5ccccc54)c3)nc(-c3ccc4oc5ccccc5c4c3)n2)cc1. The molecule has 0 aliphatic rings. The number of para-hydroxylation sites is 3. The summed E-state index contributed by atoms with van der Waals surface area (Å²) in [7, 11) is 0. The van der Waals surface area contributed by atoms with E-state index in [-0.39, 0.29) is 0 Å². The van der Waals surface area contributed by atoms with Gasteiger partial charge in [-0.15, -0.1) is 0 Å². The molecule has 0 aliphatic heterocycles. The molecule has 0 aliphatic carbocycles. The van der Waals surface area contributed by atoms with Crippen LogP contribution in [-0.4, -0.2) is 19.5 Å². The maximum absolute atomic E-state index is 6.21. The van der Waals surface area contributed by atoms with Crippen molar-refractivity contribution in [3.63, 3.8) is 0 Å². The highest BCUT2D eigenvalue weighted by molar-refractivity contribution is 6.25. The summed E-state index contributed by atoms with van der Waals surface area (Å²) in [6.07, 6.45) is 0. The Balaban J connectivity index is 1.09. The van der Waals surface area contributed by atoms with E-state index in [1.165, 1.54) is 43.1 Å². The van der Waals surface area contributed by atoms with Crippen molar-refractivity contribution in [2.75, 3.05) is 0 Å². The van der Waals surface area contributed by atoms with E-state index in [0.29, 0.717) is 17.5 Å². The molecule has 0 saturated carbocycles. The maximum Gasteiger partial charge on any atom is 0.164 e. The van der Waals surface area contributed by atoms with Gasteiger partial charge in [0.1, 0.15) is 11.2 Å². The molecule has 0 N–H and O–H groups in total. The molecule has 0 radical (unpaired) electrons. The second-order valence-electron chi connectivity index (χ2n) is 16.0. The smallest absolute Gasteiger partial charge is 0.164 e. The summed E-state index contributed by atoms with van der Waals surface area (Å²) in [5.41, 5.74) is 9.83. The molecule has 3 heterocycles. The molecule has 13 rings (SSSR count). The van der Waals surface area contributed by atoms with E-state index in [1.54, 1.807) is 0 Å². The van der Waals surface area contributed by atoms with Gasteiger partial charge in [0.2, 0.25) is 0 Å². The third-order valence-corrected chi connectivity index (χ3v) is 12.4. The van der Waals surface area contributed by atoms with Gasteiger partial charge in [-0.2, -0.15) is 0 Å². The van der Waals surface area contributed by atoms with Gasteiger partial charge in [-0.3, -0.25) is 0 Å². The van der Waals surface area contributed by atoms with Gasteiger partial charge in [0.25, 0.3) is 0 Å². The number of rotatable bonds is 5. The van der Waals surface area contributed by atoms with Crippen molar-refractivity contribution >= 4 is 76.1 Å². The van der Waals surface area contributed by atoms with Crippen LogP contribution in [0.3, 0.4) is 0 Å². The van der Waals surface area contributed by atoms with Crippen LogP contribution in [0.25, 0.3) is 127 Å². The van der Waals surface area contributed by atoms with Crippen molar-refractivity contribution in [1.29, 1.82) is 0 Å². The predicted octanol–water partition coefficient (Wildman–Crippen LogP) is 15.0.